The summed E-state index contributed by atoms with van der Waals surface area (Å²) in [5.74, 6) is 0.700. The van der Waals surface area contributed by atoms with E-state index >= 15 is 0 Å². The molecule has 0 saturated carbocycles. The van der Waals surface area contributed by atoms with E-state index in [1.165, 1.54) is 0 Å². The van der Waals surface area contributed by atoms with E-state index in [0.717, 1.165) is 19.3 Å². The fourth-order valence-corrected chi connectivity index (χ4v) is 1.13. The zero-order valence-electron chi connectivity index (χ0n) is 8.70. The zero-order chi connectivity index (χ0) is 10.1. The summed E-state index contributed by atoms with van der Waals surface area (Å²) in [6, 6.07) is 0. The average molecular weight is 190 g/mol. The number of rotatable bonds is 8. The van der Waals surface area contributed by atoms with Gasteiger partial charge in [0.05, 0.1) is 25.9 Å². The van der Waals surface area contributed by atoms with Crippen LogP contribution in [0.5, 0.6) is 0 Å². The molecule has 1 unspecified atom stereocenters. The standard InChI is InChI=1S/C10H22O3/c1-9(2)4-3-5-10(12)8-13-7-6-11/h9-12H,3-8H2,1-2H3. The maximum absolute atomic E-state index is 9.38. The maximum atomic E-state index is 9.38. The van der Waals surface area contributed by atoms with Crippen molar-refractivity contribution in [2.45, 2.75) is 39.2 Å². The topological polar surface area (TPSA) is 49.7 Å². The molecule has 0 radical (unpaired) electrons. The Hall–Kier alpha value is -0.120. The fraction of sp³-hybridized carbons (Fsp3) is 1.00. The molecule has 0 aromatic heterocycles. The van der Waals surface area contributed by atoms with Gasteiger partial charge >= 0.3 is 0 Å². The van der Waals surface area contributed by atoms with Crippen LogP contribution in [-0.2, 0) is 4.74 Å². The lowest BCUT2D eigenvalue weighted by molar-refractivity contribution is 0.0167. The molecule has 3 heteroatoms. The minimum atomic E-state index is -0.370. The predicted molar refractivity (Wildman–Crippen MR) is 52.6 cm³/mol. The van der Waals surface area contributed by atoms with Gasteiger partial charge in [0.15, 0.2) is 0 Å². The van der Waals surface area contributed by atoms with Gasteiger partial charge in [-0.25, -0.2) is 0 Å². The van der Waals surface area contributed by atoms with Gasteiger partial charge in [-0.2, -0.15) is 0 Å². The largest absolute Gasteiger partial charge is 0.394 e. The molecular formula is C10H22O3. The van der Waals surface area contributed by atoms with Crippen molar-refractivity contribution >= 4 is 0 Å². The van der Waals surface area contributed by atoms with Crippen LogP contribution < -0.4 is 0 Å². The zero-order valence-corrected chi connectivity index (χ0v) is 8.70. The Morgan fingerprint density at radius 3 is 2.46 bits per heavy atom. The van der Waals surface area contributed by atoms with Crippen molar-refractivity contribution in [1.82, 2.24) is 0 Å². The molecule has 0 bridgehead atoms. The molecule has 2 N–H and O–H groups in total. The van der Waals surface area contributed by atoms with E-state index in [0.29, 0.717) is 19.1 Å². The Bertz CT molecular complexity index is 104. The lowest BCUT2D eigenvalue weighted by atomic mass is 10.0. The highest BCUT2D eigenvalue weighted by atomic mass is 16.5. The second-order valence-electron chi connectivity index (χ2n) is 3.78. The van der Waals surface area contributed by atoms with E-state index in [-0.39, 0.29) is 12.7 Å². The summed E-state index contributed by atoms with van der Waals surface area (Å²) in [5, 5.41) is 17.8. The summed E-state index contributed by atoms with van der Waals surface area (Å²) in [7, 11) is 0. The molecule has 80 valence electrons. The molecule has 0 aliphatic heterocycles. The molecule has 0 aromatic carbocycles. The second kappa shape index (κ2) is 8.48. The van der Waals surface area contributed by atoms with Gasteiger partial charge in [-0.1, -0.05) is 26.7 Å². The van der Waals surface area contributed by atoms with Crippen LogP contribution >= 0.6 is 0 Å². The third-order valence-electron chi connectivity index (χ3n) is 1.86. The molecule has 0 aromatic rings. The first-order chi connectivity index (χ1) is 6.16. The van der Waals surface area contributed by atoms with Gasteiger partial charge < -0.3 is 14.9 Å². The molecule has 0 fully saturated rings. The molecule has 0 saturated heterocycles. The summed E-state index contributed by atoms with van der Waals surface area (Å²) >= 11 is 0. The molecule has 0 rings (SSSR count). The first kappa shape index (κ1) is 12.9. The third kappa shape index (κ3) is 9.80. The second-order valence-corrected chi connectivity index (χ2v) is 3.78. The van der Waals surface area contributed by atoms with Crippen LogP contribution in [0.15, 0.2) is 0 Å². The summed E-state index contributed by atoms with van der Waals surface area (Å²) in [4.78, 5) is 0. The van der Waals surface area contributed by atoms with Gasteiger partial charge in [-0.05, 0) is 12.3 Å². The first-order valence-electron chi connectivity index (χ1n) is 5.03. The molecule has 0 heterocycles. The Kier molecular flexibility index (Phi) is 8.40. The van der Waals surface area contributed by atoms with Gasteiger partial charge in [-0.3, -0.25) is 0 Å². The van der Waals surface area contributed by atoms with Crippen molar-refractivity contribution in [3.63, 3.8) is 0 Å². The average Bonchev–Trinajstić information content (AvgIpc) is 2.04. The Morgan fingerprint density at radius 2 is 1.92 bits per heavy atom. The van der Waals surface area contributed by atoms with Crippen molar-refractivity contribution in [2.24, 2.45) is 5.92 Å². The first-order valence-corrected chi connectivity index (χ1v) is 5.03. The molecule has 3 nitrogen and oxygen atoms in total. The monoisotopic (exact) mass is 190 g/mol. The van der Waals surface area contributed by atoms with Crippen LogP contribution in [0.3, 0.4) is 0 Å². The summed E-state index contributed by atoms with van der Waals surface area (Å²) in [5.41, 5.74) is 0. The number of hydrogen-bond donors (Lipinski definition) is 2. The van der Waals surface area contributed by atoms with E-state index in [9.17, 15) is 5.11 Å². The third-order valence-corrected chi connectivity index (χ3v) is 1.86. The minimum absolute atomic E-state index is 0.0265. The van der Waals surface area contributed by atoms with Gasteiger partial charge in [0.25, 0.3) is 0 Å². The van der Waals surface area contributed by atoms with Crippen LogP contribution in [0.25, 0.3) is 0 Å². The summed E-state index contributed by atoms with van der Waals surface area (Å²) in [6.45, 7) is 5.04. The number of ether oxygens (including phenoxy) is 1. The minimum Gasteiger partial charge on any atom is -0.394 e. The van der Waals surface area contributed by atoms with Crippen molar-refractivity contribution in [3.05, 3.63) is 0 Å². The van der Waals surface area contributed by atoms with Gasteiger partial charge in [0.1, 0.15) is 0 Å². The molecule has 13 heavy (non-hydrogen) atoms. The highest BCUT2D eigenvalue weighted by Gasteiger charge is 2.04. The molecular weight excluding hydrogens is 168 g/mol. The van der Waals surface area contributed by atoms with Gasteiger partial charge in [0, 0.05) is 0 Å². The van der Waals surface area contributed by atoms with E-state index < -0.39 is 0 Å². The number of hydrogen-bond acceptors (Lipinski definition) is 3. The van der Waals surface area contributed by atoms with E-state index in [4.69, 9.17) is 9.84 Å². The quantitative estimate of drug-likeness (QED) is 0.565. The molecule has 0 aliphatic carbocycles. The summed E-state index contributed by atoms with van der Waals surface area (Å²) < 4.78 is 5.00. The van der Waals surface area contributed by atoms with E-state index in [1.54, 1.807) is 0 Å². The molecule has 0 spiro atoms. The van der Waals surface area contributed by atoms with Crippen LogP contribution in [0.2, 0.25) is 0 Å². The van der Waals surface area contributed by atoms with Crippen LogP contribution in [0.1, 0.15) is 33.1 Å². The van der Waals surface area contributed by atoms with Crippen molar-refractivity contribution < 1.29 is 14.9 Å². The van der Waals surface area contributed by atoms with E-state index in [2.05, 4.69) is 13.8 Å². The number of aliphatic hydroxyl groups excluding tert-OH is 2. The lowest BCUT2D eigenvalue weighted by Gasteiger charge is -2.11. The van der Waals surface area contributed by atoms with Crippen molar-refractivity contribution in [1.29, 1.82) is 0 Å². The van der Waals surface area contributed by atoms with Gasteiger partial charge in [-0.15, -0.1) is 0 Å². The molecule has 0 amide bonds. The molecule has 1 atom stereocenters. The normalized spacial score (nSPS) is 13.6. The van der Waals surface area contributed by atoms with Crippen LogP contribution in [-0.4, -0.2) is 36.1 Å². The van der Waals surface area contributed by atoms with Crippen LogP contribution in [0.4, 0.5) is 0 Å². The fourth-order valence-electron chi connectivity index (χ4n) is 1.13. The van der Waals surface area contributed by atoms with Crippen molar-refractivity contribution in [2.75, 3.05) is 19.8 Å². The summed E-state index contributed by atoms with van der Waals surface area (Å²) in [6.07, 6.45) is 2.62. The van der Waals surface area contributed by atoms with Crippen molar-refractivity contribution in [3.8, 4) is 0 Å². The highest BCUT2D eigenvalue weighted by Crippen LogP contribution is 2.08. The number of aliphatic hydroxyl groups is 2. The SMILES string of the molecule is CC(C)CCCC(O)COCCO. The lowest BCUT2D eigenvalue weighted by Crippen LogP contribution is -2.16. The Balaban J connectivity index is 3.15. The predicted octanol–water partition coefficient (Wildman–Crippen LogP) is 1.18. The smallest absolute Gasteiger partial charge is 0.0773 e. The van der Waals surface area contributed by atoms with Crippen LogP contribution in [0, 0.1) is 5.92 Å². The Labute approximate surface area is 80.7 Å². The van der Waals surface area contributed by atoms with E-state index in [1.807, 2.05) is 0 Å². The maximum Gasteiger partial charge on any atom is 0.0773 e. The molecule has 0 aliphatic rings. The highest BCUT2D eigenvalue weighted by molar-refractivity contribution is 4.55. The van der Waals surface area contributed by atoms with Gasteiger partial charge in [0.2, 0.25) is 0 Å². The Morgan fingerprint density at radius 1 is 1.23 bits per heavy atom.